The van der Waals surface area contributed by atoms with Gasteiger partial charge in [-0.1, -0.05) is 0 Å². The van der Waals surface area contributed by atoms with Crippen molar-refractivity contribution < 1.29 is 9.50 Å². The van der Waals surface area contributed by atoms with Crippen LogP contribution in [0, 0.1) is 0 Å². The standard InChI is InChI=1S/C9H9FN2O/c10-4-3-9-7-5-6(13)1-2-8(7)11-12-9/h1-2,5,13H,3-4H2,(H,11,12). The first-order valence-corrected chi connectivity index (χ1v) is 4.03. The van der Waals surface area contributed by atoms with E-state index < -0.39 is 6.67 Å². The molecule has 0 atom stereocenters. The number of phenols is 1. The summed E-state index contributed by atoms with van der Waals surface area (Å²) in [5.74, 6) is 0.175. The Morgan fingerprint density at radius 2 is 2.31 bits per heavy atom. The molecular weight excluding hydrogens is 171 g/mol. The number of hydrogen-bond acceptors (Lipinski definition) is 2. The van der Waals surface area contributed by atoms with Crippen molar-refractivity contribution >= 4 is 10.9 Å². The molecule has 68 valence electrons. The summed E-state index contributed by atoms with van der Waals surface area (Å²) in [6.07, 6.45) is 0.281. The number of aromatic hydroxyl groups is 1. The number of alkyl halides is 1. The van der Waals surface area contributed by atoms with Gasteiger partial charge in [0.05, 0.1) is 17.9 Å². The van der Waals surface area contributed by atoms with Gasteiger partial charge >= 0.3 is 0 Å². The van der Waals surface area contributed by atoms with E-state index in [1.165, 1.54) is 0 Å². The number of hydrogen-bond donors (Lipinski definition) is 2. The molecule has 1 aromatic carbocycles. The van der Waals surface area contributed by atoms with Crippen molar-refractivity contribution in [3.63, 3.8) is 0 Å². The summed E-state index contributed by atoms with van der Waals surface area (Å²) in [5.41, 5.74) is 1.48. The molecule has 4 heteroatoms. The van der Waals surface area contributed by atoms with Crippen LogP contribution in [0.2, 0.25) is 0 Å². The van der Waals surface area contributed by atoms with Gasteiger partial charge in [0.1, 0.15) is 5.75 Å². The summed E-state index contributed by atoms with van der Waals surface area (Å²) in [6, 6.07) is 4.88. The zero-order valence-corrected chi connectivity index (χ0v) is 6.92. The number of aryl methyl sites for hydroxylation is 1. The van der Waals surface area contributed by atoms with Crippen molar-refractivity contribution in [1.29, 1.82) is 0 Å². The van der Waals surface area contributed by atoms with Crippen LogP contribution in [0.3, 0.4) is 0 Å². The number of phenolic OH excluding ortho intramolecular Hbond substituents is 1. The molecule has 0 radical (unpaired) electrons. The maximum absolute atomic E-state index is 12.1. The molecule has 3 nitrogen and oxygen atoms in total. The number of fused-ring (bicyclic) bond motifs is 1. The van der Waals surface area contributed by atoms with Gasteiger partial charge in [0.2, 0.25) is 0 Å². The lowest BCUT2D eigenvalue weighted by Gasteiger charge is -1.93. The fourth-order valence-electron chi connectivity index (χ4n) is 1.34. The molecule has 0 saturated carbocycles. The number of halogens is 1. The third-order valence-electron chi connectivity index (χ3n) is 1.96. The molecule has 0 aliphatic carbocycles. The van der Waals surface area contributed by atoms with E-state index in [4.69, 9.17) is 0 Å². The molecule has 0 bridgehead atoms. The Morgan fingerprint density at radius 3 is 3.08 bits per heavy atom. The summed E-state index contributed by atoms with van der Waals surface area (Å²) in [4.78, 5) is 0. The van der Waals surface area contributed by atoms with Crippen LogP contribution in [-0.2, 0) is 6.42 Å². The van der Waals surface area contributed by atoms with Gasteiger partial charge in [0.25, 0.3) is 0 Å². The Balaban J connectivity index is 2.58. The molecule has 0 unspecified atom stereocenters. The second kappa shape index (κ2) is 3.05. The fraction of sp³-hybridized carbons (Fsp3) is 0.222. The van der Waals surface area contributed by atoms with Gasteiger partial charge in [-0.15, -0.1) is 0 Å². The van der Waals surface area contributed by atoms with Gasteiger partial charge in [-0.05, 0) is 18.2 Å². The van der Waals surface area contributed by atoms with Crippen molar-refractivity contribution in [2.75, 3.05) is 6.67 Å². The number of H-pyrrole nitrogens is 1. The van der Waals surface area contributed by atoms with Crippen LogP contribution in [0.15, 0.2) is 18.2 Å². The molecule has 0 fully saturated rings. The molecule has 1 aromatic heterocycles. The molecule has 0 amide bonds. The molecule has 0 aliphatic heterocycles. The number of benzene rings is 1. The van der Waals surface area contributed by atoms with Crippen molar-refractivity contribution in [2.24, 2.45) is 0 Å². The summed E-state index contributed by atoms with van der Waals surface area (Å²) >= 11 is 0. The Labute approximate surface area is 74.2 Å². The maximum Gasteiger partial charge on any atom is 0.116 e. The first kappa shape index (κ1) is 8.04. The molecule has 1 heterocycles. The Kier molecular flexibility index (Phi) is 1.88. The van der Waals surface area contributed by atoms with Crippen LogP contribution in [0.4, 0.5) is 4.39 Å². The van der Waals surface area contributed by atoms with Crippen LogP contribution >= 0.6 is 0 Å². The first-order chi connectivity index (χ1) is 6.31. The largest absolute Gasteiger partial charge is 0.508 e. The first-order valence-electron chi connectivity index (χ1n) is 4.03. The number of aromatic nitrogens is 2. The summed E-state index contributed by atoms with van der Waals surface area (Å²) < 4.78 is 12.1. The van der Waals surface area contributed by atoms with E-state index >= 15 is 0 Å². The molecule has 0 saturated heterocycles. The zero-order valence-electron chi connectivity index (χ0n) is 6.92. The monoisotopic (exact) mass is 180 g/mol. The van der Waals surface area contributed by atoms with E-state index in [0.717, 1.165) is 10.9 Å². The normalized spacial score (nSPS) is 10.8. The maximum atomic E-state index is 12.1. The van der Waals surface area contributed by atoms with Gasteiger partial charge in [-0.3, -0.25) is 9.49 Å². The quantitative estimate of drug-likeness (QED) is 0.740. The van der Waals surface area contributed by atoms with Gasteiger partial charge in [0.15, 0.2) is 0 Å². The van der Waals surface area contributed by atoms with Crippen LogP contribution < -0.4 is 0 Å². The van der Waals surface area contributed by atoms with Crippen molar-refractivity contribution in [3.05, 3.63) is 23.9 Å². The van der Waals surface area contributed by atoms with Crippen LogP contribution in [0.5, 0.6) is 5.75 Å². The highest BCUT2D eigenvalue weighted by Gasteiger charge is 2.05. The van der Waals surface area contributed by atoms with E-state index in [0.29, 0.717) is 5.69 Å². The average Bonchev–Trinajstić information content (AvgIpc) is 2.49. The molecule has 13 heavy (non-hydrogen) atoms. The number of nitrogens with one attached hydrogen (secondary N) is 1. The topological polar surface area (TPSA) is 48.9 Å². The molecule has 0 aliphatic rings. The van der Waals surface area contributed by atoms with Gasteiger partial charge < -0.3 is 5.11 Å². The fourth-order valence-corrected chi connectivity index (χ4v) is 1.34. The van der Waals surface area contributed by atoms with Crippen molar-refractivity contribution in [2.45, 2.75) is 6.42 Å². The number of rotatable bonds is 2. The Bertz CT molecular complexity index is 424. The smallest absolute Gasteiger partial charge is 0.116 e. The molecule has 2 N–H and O–H groups in total. The van der Waals surface area contributed by atoms with Crippen LogP contribution in [-0.4, -0.2) is 22.0 Å². The summed E-state index contributed by atoms with van der Waals surface area (Å²) in [5, 5.41) is 16.7. The predicted octanol–water partition coefficient (Wildman–Crippen LogP) is 1.78. The minimum absolute atomic E-state index is 0.175. The van der Waals surface area contributed by atoms with Gasteiger partial charge in [-0.25, -0.2) is 0 Å². The van der Waals surface area contributed by atoms with Crippen LogP contribution in [0.25, 0.3) is 10.9 Å². The average molecular weight is 180 g/mol. The molecule has 0 spiro atoms. The number of aromatic amines is 1. The predicted molar refractivity (Wildman–Crippen MR) is 47.4 cm³/mol. The Morgan fingerprint density at radius 1 is 1.46 bits per heavy atom. The van der Waals surface area contributed by atoms with E-state index in [9.17, 15) is 9.50 Å². The highest BCUT2D eigenvalue weighted by Crippen LogP contribution is 2.21. The lowest BCUT2D eigenvalue weighted by atomic mass is 10.2. The molecular formula is C9H9FN2O. The Hall–Kier alpha value is -1.58. The zero-order chi connectivity index (χ0) is 9.26. The molecule has 2 rings (SSSR count). The lowest BCUT2D eigenvalue weighted by molar-refractivity contribution is 0.476. The highest BCUT2D eigenvalue weighted by molar-refractivity contribution is 5.82. The number of nitrogens with zero attached hydrogens (tertiary/aromatic N) is 1. The SMILES string of the molecule is Oc1ccc2[nH]nc(CCF)c2c1. The third kappa shape index (κ3) is 1.35. The second-order valence-corrected chi connectivity index (χ2v) is 2.84. The van der Waals surface area contributed by atoms with Crippen LogP contribution in [0.1, 0.15) is 5.69 Å². The minimum atomic E-state index is -0.435. The molecule has 2 aromatic rings. The van der Waals surface area contributed by atoms with Crippen molar-refractivity contribution in [3.8, 4) is 5.75 Å². The summed E-state index contributed by atoms with van der Waals surface area (Å²) in [6.45, 7) is -0.435. The summed E-state index contributed by atoms with van der Waals surface area (Å²) in [7, 11) is 0. The van der Waals surface area contributed by atoms with E-state index in [-0.39, 0.29) is 12.2 Å². The van der Waals surface area contributed by atoms with Gasteiger partial charge in [-0.2, -0.15) is 5.10 Å². The minimum Gasteiger partial charge on any atom is -0.508 e. The van der Waals surface area contributed by atoms with Crippen molar-refractivity contribution in [1.82, 2.24) is 10.2 Å². The van der Waals surface area contributed by atoms with Gasteiger partial charge in [0, 0.05) is 11.8 Å². The third-order valence-corrected chi connectivity index (χ3v) is 1.96. The van der Waals surface area contributed by atoms with E-state index in [1.54, 1.807) is 18.2 Å². The van der Waals surface area contributed by atoms with E-state index in [1.807, 2.05) is 0 Å². The second-order valence-electron chi connectivity index (χ2n) is 2.84. The lowest BCUT2D eigenvalue weighted by Crippen LogP contribution is -1.86. The van der Waals surface area contributed by atoms with E-state index in [2.05, 4.69) is 10.2 Å². The highest BCUT2D eigenvalue weighted by atomic mass is 19.1.